The fraction of sp³-hybridized carbons (Fsp3) is 0.292. The Bertz CT molecular complexity index is 1710. The van der Waals surface area contributed by atoms with Crippen molar-refractivity contribution >= 4 is 37.4 Å². The molecule has 5 N–H and O–H groups in total. The van der Waals surface area contributed by atoms with Gasteiger partial charge in [-0.1, -0.05) is 39.0 Å². The van der Waals surface area contributed by atoms with E-state index in [9.17, 15) is 21.2 Å². The third-order valence-corrected chi connectivity index (χ3v) is 8.13. The number of hydrogen-bond donors (Lipinski definition) is 3. The zero-order valence-corrected chi connectivity index (χ0v) is 24.1. The van der Waals surface area contributed by atoms with Crippen LogP contribution in [0.2, 0.25) is 0 Å². The molecule has 1 aromatic carbocycles. The highest BCUT2D eigenvalue weighted by Gasteiger charge is 2.51. The number of benzene rings is 1. The molecule has 1 aliphatic rings. The Morgan fingerprint density at radius 2 is 1.73 bits per heavy atom. The van der Waals surface area contributed by atoms with Crippen LogP contribution < -0.4 is 10.9 Å². The van der Waals surface area contributed by atoms with Gasteiger partial charge in [0.15, 0.2) is 10.9 Å². The second-order valence-corrected chi connectivity index (χ2v) is 13.9. The Kier molecular flexibility index (Phi) is 8.62. The number of alkyl halides is 1. The molecule has 0 saturated heterocycles. The normalized spacial score (nSPS) is 19.5. The number of sulfonamides is 1. The first-order valence-electron chi connectivity index (χ1n) is 11.3. The number of allylic oxidation sites excluding steroid dienone is 3. The molecule has 0 radical (unpaired) electrons. The molecule has 0 spiro atoms. The van der Waals surface area contributed by atoms with Crippen LogP contribution in [0, 0.1) is 5.82 Å². The lowest BCUT2D eigenvalue weighted by Crippen LogP contribution is -2.45. The number of aromatic nitrogens is 3. The highest BCUT2D eigenvalue weighted by atomic mass is 32.2. The van der Waals surface area contributed by atoms with Crippen molar-refractivity contribution in [1.82, 2.24) is 15.0 Å². The molecular formula is C24H26F3N5O5S3. The molecule has 0 bridgehead atoms. The van der Waals surface area contributed by atoms with Crippen molar-refractivity contribution in [1.29, 1.82) is 0 Å². The van der Waals surface area contributed by atoms with Gasteiger partial charge in [-0.05, 0) is 24.3 Å². The van der Waals surface area contributed by atoms with E-state index in [0.29, 0.717) is 21.8 Å². The molecule has 0 saturated carbocycles. The Morgan fingerprint density at radius 1 is 1.10 bits per heavy atom. The molecule has 2 unspecified atom stereocenters. The molecule has 0 aliphatic heterocycles. The summed E-state index contributed by atoms with van der Waals surface area (Å²) in [6.45, 7) is 5.78. The summed E-state index contributed by atoms with van der Waals surface area (Å²) >= 11 is 1.26. The summed E-state index contributed by atoms with van der Waals surface area (Å²) in [7, 11) is -8.44. The average molecular weight is 618 g/mol. The average Bonchev–Trinajstić information content (AvgIpc) is 3.23. The van der Waals surface area contributed by atoms with Crippen molar-refractivity contribution in [3.63, 3.8) is 0 Å². The van der Waals surface area contributed by atoms with E-state index >= 15 is 8.78 Å². The third-order valence-electron chi connectivity index (χ3n) is 5.40. The minimum Gasteiger partial charge on any atom is -0.368 e. The number of primary sulfonamides is 1. The molecule has 2 aromatic heterocycles. The Balaban J connectivity index is 0.000000810. The zero-order chi connectivity index (χ0) is 30.3. The Morgan fingerprint density at radius 3 is 2.27 bits per heavy atom. The Labute approximate surface area is 233 Å². The molecule has 10 nitrogen and oxygen atoms in total. The number of thiazole rings is 1. The monoisotopic (exact) mass is 617 g/mol. The number of nitrogens with two attached hydrogens (primary N) is 2. The summed E-state index contributed by atoms with van der Waals surface area (Å²) < 4.78 is 96.8. The van der Waals surface area contributed by atoms with Crippen molar-refractivity contribution in [2.24, 2.45) is 5.14 Å². The van der Waals surface area contributed by atoms with Crippen LogP contribution in [0.4, 0.5) is 19.1 Å². The molecule has 0 fully saturated rings. The summed E-state index contributed by atoms with van der Waals surface area (Å²) in [5, 5.41) is 3.34. The van der Waals surface area contributed by atoms with Crippen LogP contribution in [-0.2, 0) is 31.2 Å². The van der Waals surface area contributed by atoms with Crippen LogP contribution in [0.1, 0.15) is 31.3 Å². The quantitative estimate of drug-likeness (QED) is 0.364. The van der Waals surface area contributed by atoms with Crippen LogP contribution in [0.3, 0.4) is 0 Å². The maximum Gasteiger partial charge on any atom is 0.261 e. The van der Waals surface area contributed by atoms with Gasteiger partial charge in [0.25, 0.3) is 10.1 Å². The minimum atomic E-state index is -4.78. The van der Waals surface area contributed by atoms with Crippen molar-refractivity contribution < 1.29 is 34.6 Å². The third kappa shape index (κ3) is 6.93. The molecule has 16 heteroatoms. The van der Waals surface area contributed by atoms with Gasteiger partial charge in [0.1, 0.15) is 11.6 Å². The van der Waals surface area contributed by atoms with E-state index in [0.717, 1.165) is 24.3 Å². The summed E-state index contributed by atoms with van der Waals surface area (Å²) in [4.78, 5) is 13.2. The van der Waals surface area contributed by atoms with Gasteiger partial charge in [-0.25, -0.2) is 41.7 Å². The minimum absolute atomic E-state index is 0.00157. The maximum atomic E-state index is 16.2. The first kappa shape index (κ1) is 31.3. The van der Waals surface area contributed by atoms with Crippen LogP contribution in [0.5, 0.6) is 0 Å². The second-order valence-electron chi connectivity index (χ2n) is 9.79. The first-order valence-corrected chi connectivity index (χ1v) is 15.6. The predicted octanol–water partition coefficient (Wildman–Crippen LogP) is 4.04. The van der Waals surface area contributed by atoms with E-state index in [2.05, 4.69) is 15.0 Å². The van der Waals surface area contributed by atoms with Gasteiger partial charge in [0, 0.05) is 22.7 Å². The summed E-state index contributed by atoms with van der Waals surface area (Å²) in [6.07, 6.45) is 4.70. The van der Waals surface area contributed by atoms with Crippen molar-refractivity contribution in [2.45, 2.75) is 37.1 Å². The molecule has 2 atom stereocenters. The van der Waals surface area contributed by atoms with Crippen LogP contribution >= 0.6 is 11.3 Å². The SMILES string of the molecule is CC(C)(C)c1nc(-c2cccc(C3(F)C=CC=C(F)C3S(N)(=O)=O)c2F)c(-c2ccnc(N)n2)s1.CS(=O)(=O)O. The summed E-state index contributed by atoms with van der Waals surface area (Å²) in [5.41, 5.74) is 1.97. The second kappa shape index (κ2) is 11.0. The molecular weight excluding hydrogens is 591 g/mol. The topological polar surface area (TPSA) is 179 Å². The van der Waals surface area contributed by atoms with E-state index in [1.165, 1.54) is 29.7 Å². The lowest BCUT2D eigenvalue weighted by molar-refractivity contribution is 0.213. The van der Waals surface area contributed by atoms with E-state index in [1.54, 1.807) is 6.07 Å². The van der Waals surface area contributed by atoms with Gasteiger partial charge in [-0.15, -0.1) is 11.3 Å². The number of halogens is 3. The fourth-order valence-corrected chi connectivity index (χ4v) is 5.97. The van der Waals surface area contributed by atoms with Gasteiger partial charge in [0.05, 0.1) is 27.5 Å². The number of nitrogens with zero attached hydrogens (tertiary/aromatic N) is 3. The van der Waals surface area contributed by atoms with Gasteiger partial charge in [-0.3, -0.25) is 4.55 Å². The van der Waals surface area contributed by atoms with Crippen LogP contribution in [-0.4, -0.2) is 47.8 Å². The van der Waals surface area contributed by atoms with Crippen molar-refractivity contribution in [3.8, 4) is 21.8 Å². The molecule has 40 heavy (non-hydrogen) atoms. The molecule has 1 aliphatic carbocycles. The highest BCUT2D eigenvalue weighted by molar-refractivity contribution is 7.90. The first-order chi connectivity index (χ1) is 18.2. The van der Waals surface area contributed by atoms with Crippen molar-refractivity contribution in [2.75, 3.05) is 12.0 Å². The summed E-state index contributed by atoms with van der Waals surface area (Å²) in [6, 6.07) is 5.36. The van der Waals surface area contributed by atoms with Crippen LogP contribution in [0.25, 0.3) is 21.8 Å². The highest BCUT2D eigenvalue weighted by Crippen LogP contribution is 2.46. The number of nitrogen functional groups attached to an aromatic ring is 1. The van der Waals surface area contributed by atoms with Crippen molar-refractivity contribution in [3.05, 3.63) is 70.9 Å². The number of anilines is 1. The summed E-state index contributed by atoms with van der Waals surface area (Å²) in [5.74, 6) is -2.43. The van der Waals surface area contributed by atoms with Gasteiger partial charge in [-0.2, -0.15) is 8.42 Å². The number of rotatable bonds is 4. The lowest BCUT2D eigenvalue weighted by Gasteiger charge is -2.31. The van der Waals surface area contributed by atoms with Gasteiger partial charge in [0.2, 0.25) is 16.0 Å². The van der Waals surface area contributed by atoms with E-state index < -0.39 is 53.7 Å². The zero-order valence-electron chi connectivity index (χ0n) is 21.6. The van der Waals surface area contributed by atoms with E-state index in [1.807, 2.05) is 20.8 Å². The fourth-order valence-electron chi connectivity index (χ4n) is 3.79. The van der Waals surface area contributed by atoms with Crippen LogP contribution in [0.15, 0.2) is 54.5 Å². The smallest absolute Gasteiger partial charge is 0.261 e. The predicted molar refractivity (Wildman–Crippen MR) is 147 cm³/mol. The molecule has 216 valence electrons. The maximum absolute atomic E-state index is 16.2. The largest absolute Gasteiger partial charge is 0.368 e. The van der Waals surface area contributed by atoms with Gasteiger partial charge >= 0.3 is 0 Å². The number of hydrogen-bond acceptors (Lipinski definition) is 9. The van der Waals surface area contributed by atoms with Gasteiger partial charge < -0.3 is 5.73 Å². The molecule has 2 heterocycles. The lowest BCUT2D eigenvalue weighted by atomic mass is 9.86. The standard InChI is InChI=1S/C23H22F3N5O2S2.CH4O3S/c1-22(2,3)20-31-17(18(34-20)15-9-11-29-21(27)30-15)12-6-4-7-13(16(12)25)23(26)10-5-8-14(24)19(23)35(28,32)33;1-5(2,3)4/h4-11,19H,1-3H3,(H2,27,29,30)(H2,28,32,33);1H3,(H,2,3,4). The Hall–Kier alpha value is -3.18. The molecule has 4 rings (SSSR count). The molecule has 0 amide bonds. The van der Waals surface area contributed by atoms with E-state index in [-0.39, 0.29) is 17.2 Å². The van der Waals surface area contributed by atoms with E-state index in [4.69, 9.17) is 15.4 Å². The molecule has 3 aromatic rings.